The van der Waals surface area contributed by atoms with E-state index in [1.165, 1.54) is 0 Å². The molecule has 0 spiro atoms. The van der Waals surface area contributed by atoms with Crippen LogP contribution in [0.4, 0.5) is 0 Å². The zero-order valence-corrected chi connectivity index (χ0v) is 16.6. The third kappa shape index (κ3) is 3.12. The van der Waals surface area contributed by atoms with Gasteiger partial charge in [0.1, 0.15) is 0 Å². The molecule has 3 N–H and O–H groups in total. The zero-order chi connectivity index (χ0) is 19.1. The number of nitrogens with zero attached hydrogens (tertiary/aromatic N) is 3. The number of nitrogens with two attached hydrogens (primary N) is 1. The van der Waals surface area contributed by atoms with Gasteiger partial charge in [-0.2, -0.15) is 5.10 Å². The summed E-state index contributed by atoms with van der Waals surface area (Å²) in [5, 5.41) is 10.4. The lowest BCUT2D eigenvalue weighted by Gasteiger charge is -2.33. The molecule has 1 atom stereocenters. The molecule has 0 bridgehead atoms. The Morgan fingerprint density at radius 3 is 2.77 bits per heavy atom. The summed E-state index contributed by atoms with van der Waals surface area (Å²) in [5.74, 6) is 0.0634. The lowest BCUT2D eigenvalue weighted by atomic mass is 9.88. The van der Waals surface area contributed by atoms with E-state index in [9.17, 15) is 4.79 Å². The molecule has 0 saturated heterocycles. The van der Waals surface area contributed by atoms with Crippen LogP contribution in [-0.4, -0.2) is 32.8 Å². The monoisotopic (exact) mass is 371 g/mol. The third-order valence-corrected chi connectivity index (χ3v) is 5.98. The smallest absolute Gasteiger partial charge is 0.252 e. The third-order valence-electron chi connectivity index (χ3n) is 5.08. The van der Waals surface area contributed by atoms with Gasteiger partial charge in [-0.15, -0.1) is 11.3 Å². The highest BCUT2D eigenvalue weighted by Gasteiger charge is 2.30. The molecule has 26 heavy (non-hydrogen) atoms. The lowest BCUT2D eigenvalue weighted by molar-refractivity contribution is 0.0885. The van der Waals surface area contributed by atoms with Crippen LogP contribution in [0.3, 0.4) is 0 Å². The van der Waals surface area contributed by atoms with Gasteiger partial charge in [-0.05, 0) is 37.3 Å². The molecule has 0 aliphatic rings. The van der Waals surface area contributed by atoms with E-state index in [0.717, 1.165) is 21.7 Å². The van der Waals surface area contributed by atoms with Crippen molar-refractivity contribution in [3.8, 4) is 10.6 Å². The minimum absolute atomic E-state index is 0.145. The molecule has 1 amide bonds. The number of amides is 1. The van der Waals surface area contributed by atoms with Crippen LogP contribution >= 0.6 is 11.3 Å². The van der Waals surface area contributed by atoms with Gasteiger partial charge in [0.25, 0.3) is 5.91 Å². The van der Waals surface area contributed by atoms with E-state index < -0.39 is 5.54 Å². The summed E-state index contributed by atoms with van der Waals surface area (Å²) in [7, 11) is 1.85. The maximum Gasteiger partial charge on any atom is 0.252 e. The molecule has 0 saturated carbocycles. The van der Waals surface area contributed by atoms with Gasteiger partial charge in [0.15, 0.2) is 5.65 Å². The number of aryl methyl sites for hydroxylation is 2. The van der Waals surface area contributed by atoms with E-state index in [2.05, 4.69) is 24.3 Å². The summed E-state index contributed by atoms with van der Waals surface area (Å²) >= 11 is 1.60. The van der Waals surface area contributed by atoms with Crippen molar-refractivity contribution < 1.29 is 4.79 Å². The van der Waals surface area contributed by atoms with Crippen molar-refractivity contribution in [1.82, 2.24) is 20.1 Å². The second-order valence-electron chi connectivity index (χ2n) is 7.17. The highest BCUT2D eigenvalue weighted by Crippen LogP contribution is 2.29. The number of rotatable bonds is 5. The van der Waals surface area contributed by atoms with Crippen LogP contribution in [0.2, 0.25) is 0 Å². The van der Waals surface area contributed by atoms with E-state index in [1.54, 1.807) is 16.0 Å². The SMILES string of the molecule is Cc1nn(C)c2nc(-c3cccs3)cc(C(=O)NC(C)(CN)C(C)C)c12. The maximum atomic E-state index is 13.2. The maximum absolute atomic E-state index is 13.2. The first-order chi connectivity index (χ1) is 12.3. The zero-order valence-electron chi connectivity index (χ0n) is 15.8. The quantitative estimate of drug-likeness (QED) is 0.721. The molecular weight excluding hydrogens is 346 g/mol. The number of carbonyl (C=O) groups excluding carboxylic acids is 1. The molecule has 6 nitrogen and oxygen atoms in total. The van der Waals surface area contributed by atoms with E-state index >= 15 is 0 Å². The van der Waals surface area contributed by atoms with Gasteiger partial charge >= 0.3 is 0 Å². The molecule has 0 fully saturated rings. The fourth-order valence-electron chi connectivity index (χ4n) is 2.93. The number of pyridine rings is 1. The van der Waals surface area contributed by atoms with Crippen LogP contribution in [0, 0.1) is 12.8 Å². The molecule has 138 valence electrons. The molecule has 7 heteroatoms. The van der Waals surface area contributed by atoms with Gasteiger partial charge in [-0.1, -0.05) is 19.9 Å². The Balaban J connectivity index is 2.16. The normalized spacial score (nSPS) is 14.0. The van der Waals surface area contributed by atoms with Gasteiger partial charge < -0.3 is 11.1 Å². The van der Waals surface area contributed by atoms with Crippen LogP contribution in [-0.2, 0) is 7.05 Å². The second kappa shape index (κ2) is 6.81. The van der Waals surface area contributed by atoms with Crippen molar-refractivity contribution in [1.29, 1.82) is 0 Å². The topological polar surface area (TPSA) is 85.8 Å². The molecule has 3 aromatic heterocycles. The Morgan fingerprint density at radius 1 is 1.46 bits per heavy atom. The first-order valence-corrected chi connectivity index (χ1v) is 9.55. The minimum atomic E-state index is -0.480. The van der Waals surface area contributed by atoms with Crippen LogP contribution in [0.25, 0.3) is 21.6 Å². The molecular formula is C19H25N5OS. The van der Waals surface area contributed by atoms with E-state index in [4.69, 9.17) is 10.7 Å². The lowest BCUT2D eigenvalue weighted by Crippen LogP contribution is -2.55. The molecule has 0 aromatic carbocycles. The summed E-state index contributed by atoms with van der Waals surface area (Å²) in [6, 6.07) is 5.83. The van der Waals surface area contributed by atoms with Crippen molar-refractivity contribution in [2.75, 3.05) is 6.54 Å². The average Bonchev–Trinajstić information content (AvgIpc) is 3.23. The Hall–Kier alpha value is -2.25. The molecule has 3 aromatic rings. The summed E-state index contributed by atoms with van der Waals surface area (Å²) in [6.07, 6.45) is 0. The highest BCUT2D eigenvalue weighted by molar-refractivity contribution is 7.13. The first kappa shape index (κ1) is 18.5. The Kier molecular flexibility index (Phi) is 4.86. The van der Waals surface area contributed by atoms with Crippen molar-refractivity contribution in [3.63, 3.8) is 0 Å². The van der Waals surface area contributed by atoms with Gasteiger partial charge in [-0.3, -0.25) is 9.48 Å². The molecule has 0 aliphatic carbocycles. The van der Waals surface area contributed by atoms with E-state index in [-0.39, 0.29) is 11.8 Å². The van der Waals surface area contributed by atoms with Crippen LogP contribution < -0.4 is 11.1 Å². The number of hydrogen-bond acceptors (Lipinski definition) is 5. The minimum Gasteiger partial charge on any atom is -0.345 e. The van der Waals surface area contributed by atoms with Gasteiger partial charge in [-0.25, -0.2) is 4.98 Å². The molecule has 1 unspecified atom stereocenters. The number of thiophene rings is 1. The number of carbonyl (C=O) groups is 1. The summed E-state index contributed by atoms with van der Waals surface area (Å²) in [4.78, 5) is 19.0. The summed E-state index contributed by atoms with van der Waals surface area (Å²) in [6.45, 7) is 8.36. The van der Waals surface area contributed by atoms with Gasteiger partial charge in [0, 0.05) is 13.6 Å². The first-order valence-electron chi connectivity index (χ1n) is 8.67. The number of hydrogen-bond donors (Lipinski definition) is 2. The number of aromatic nitrogens is 3. The number of fused-ring (bicyclic) bond motifs is 1. The van der Waals surface area contributed by atoms with Crippen LogP contribution in [0.1, 0.15) is 36.8 Å². The van der Waals surface area contributed by atoms with E-state index in [0.29, 0.717) is 17.8 Å². The van der Waals surface area contributed by atoms with Crippen molar-refractivity contribution >= 4 is 28.3 Å². The fourth-order valence-corrected chi connectivity index (χ4v) is 3.62. The Morgan fingerprint density at radius 2 is 2.19 bits per heavy atom. The van der Waals surface area contributed by atoms with Gasteiger partial charge in [0.2, 0.25) is 0 Å². The Labute approximate surface area is 157 Å². The van der Waals surface area contributed by atoms with Crippen LogP contribution in [0.15, 0.2) is 23.6 Å². The van der Waals surface area contributed by atoms with Crippen molar-refractivity contribution in [2.45, 2.75) is 33.2 Å². The second-order valence-corrected chi connectivity index (χ2v) is 8.12. The number of nitrogens with one attached hydrogen (secondary N) is 1. The van der Waals surface area contributed by atoms with E-state index in [1.807, 2.05) is 44.5 Å². The summed E-state index contributed by atoms with van der Waals surface area (Å²) < 4.78 is 1.73. The summed E-state index contributed by atoms with van der Waals surface area (Å²) in [5.41, 5.74) is 8.33. The molecule has 3 heterocycles. The molecule has 0 aliphatic heterocycles. The van der Waals surface area contributed by atoms with Crippen LogP contribution in [0.5, 0.6) is 0 Å². The fraction of sp³-hybridized carbons (Fsp3) is 0.421. The predicted molar refractivity (Wildman–Crippen MR) is 106 cm³/mol. The van der Waals surface area contributed by atoms with Crippen molar-refractivity contribution in [3.05, 3.63) is 34.8 Å². The average molecular weight is 372 g/mol. The molecule has 0 radical (unpaired) electrons. The predicted octanol–water partition coefficient (Wildman–Crippen LogP) is 3.11. The standard InChI is InChI=1S/C19H25N5OS/c1-11(2)19(4,10-20)22-18(25)13-9-14(15-7-6-8-26-15)21-17-16(13)12(3)23-24(17)5/h6-9,11H,10,20H2,1-5H3,(H,22,25). The Bertz CT molecular complexity index is 945. The van der Waals surface area contributed by atoms with Crippen molar-refractivity contribution in [2.24, 2.45) is 18.7 Å². The largest absolute Gasteiger partial charge is 0.345 e. The van der Waals surface area contributed by atoms with Gasteiger partial charge in [0.05, 0.1) is 32.8 Å². The molecule has 3 rings (SSSR count). The highest BCUT2D eigenvalue weighted by atomic mass is 32.1.